The van der Waals surface area contributed by atoms with E-state index in [1.165, 1.54) is 12.1 Å². The zero-order valence-electron chi connectivity index (χ0n) is 11.6. The molecule has 0 spiro atoms. The summed E-state index contributed by atoms with van der Waals surface area (Å²) in [6.45, 7) is 2.93. The number of ether oxygens (including phenoxy) is 1. The molecule has 2 aromatic rings. The van der Waals surface area contributed by atoms with Crippen LogP contribution >= 0.6 is 0 Å². The Kier molecular flexibility index (Phi) is 5.01. The fraction of sp³-hybridized carbons (Fsp3) is 0.333. The summed E-state index contributed by atoms with van der Waals surface area (Å²) >= 11 is 0. The molecule has 0 saturated carbocycles. The van der Waals surface area contributed by atoms with Crippen LogP contribution in [-0.4, -0.2) is 23.9 Å². The van der Waals surface area contributed by atoms with Gasteiger partial charge in [0.05, 0.1) is 18.8 Å². The summed E-state index contributed by atoms with van der Waals surface area (Å²) < 4.78 is 18.0. The van der Waals surface area contributed by atoms with Gasteiger partial charge in [-0.15, -0.1) is 10.2 Å². The normalized spacial score (nSPS) is 12.2. The summed E-state index contributed by atoms with van der Waals surface area (Å²) in [4.78, 5) is 0. The maximum Gasteiger partial charge on any atom is 0.233 e. The molecule has 1 N–H and O–H groups in total. The second kappa shape index (κ2) is 6.96. The molecule has 0 saturated heterocycles. The van der Waals surface area contributed by atoms with Crippen LogP contribution in [0.4, 0.5) is 4.39 Å². The van der Waals surface area contributed by atoms with Gasteiger partial charge in [0, 0.05) is 6.07 Å². The molecule has 1 unspecified atom stereocenters. The van der Waals surface area contributed by atoms with E-state index in [0.717, 1.165) is 24.2 Å². The van der Waals surface area contributed by atoms with Gasteiger partial charge in [0.15, 0.2) is 0 Å². The minimum Gasteiger partial charge on any atom is -0.480 e. The summed E-state index contributed by atoms with van der Waals surface area (Å²) in [5.74, 6) is 0.228. The highest BCUT2D eigenvalue weighted by Crippen LogP contribution is 2.21. The van der Waals surface area contributed by atoms with Crippen LogP contribution in [-0.2, 0) is 0 Å². The fourth-order valence-electron chi connectivity index (χ4n) is 1.93. The van der Waals surface area contributed by atoms with E-state index >= 15 is 0 Å². The Hall–Kier alpha value is -2.01. The summed E-state index contributed by atoms with van der Waals surface area (Å²) in [7, 11) is 1.55. The molecule has 1 aromatic heterocycles. The standard InChI is InChI=1S/C15H18FN3O/c1-3-10-17-15(11-4-6-12(16)7-5-11)13-8-9-14(20-2)19-18-13/h4-9,15,17H,3,10H2,1-2H3. The number of hydrogen-bond acceptors (Lipinski definition) is 4. The zero-order chi connectivity index (χ0) is 14.4. The van der Waals surface area contributed by atoms with Gasteiger partial charge in [0.25, 0.3) is 0 Å². The summed E-state index contributed by atoms with van der Waals surface area (Å²) in [6, 6.07) is 9.95. The smallest absolute Gasteiger partial charge is 0.233 e. The third-order valence-electron chi connectivity index (χ3n) is 2.97. The topological polar surface area (TPSA) is 47.0 Å². The molecule has 0 aliphatic rings. The predicted molar refractivity (Wildman–Crippen MR) is 75.1 cm³/mol. The van der Waals surface area contributed by atoms with E-state index in [1.54, 1.807) is 25.3 Å². The van der Waals surface area contributed by atoms with Crippen molar-refractivity contribution in [3.05, 3.63) is 53.5 Å². The SMILES string of the molecule is CCCNC(c1ccc(F)cc1)c1ccc(OC)nn1. The van der Waals surface area contributed by atoms with Crippen molar-refractivity contribution in [1.82, 2.24) is 15.5 Å². The molecule has 0 bridgehead atoms. The predicted octanol–water partition coefficient (Wildman–Crippen LogP) is 2.71. The lowest BCUT2D eigenvalue weighted by molar-refractivity contribution is 0.390. The molecule has 0 amide bonds. The number of hydrogen-bond donors (Lipinski definition) is 1. The highest BCUT2D eigenvalue weighted by Gasteiger charge is 2.15. The Morgan fingerprint density at radius 2 is 1.90 bits per heavy atom. The van der Waals surface area contributed by atoms with E-state index < -0.39 is 0 Å². The first-order chi connectivity index (χ1) is 9.74. The van der Waals surface area contributed by atoms with Gasteiger partial charge in [-0.1, -0.05) is 19.1 Å². The van der Waals surface area contributed by atoms with E-state index in [9.17, 15) is 4.39 Å². The van der Waals surface area contributed by atoms with Crippen LogP contribution in [0.2, 0.25) is 0 Å². The van der Waals surface area contributed by atoms with Crippen molar-refractivity contribution in [1.29, 1.82) is 0 Å². The van der Waals surface area contributed by atoms with Crippen molar-refractivity contribution in [2.45, 2.75) is 19.4 Å². The molecule has 4 nitrogen and oxygen atoms in total. The lowest BCUT2D eigenvalue weighted by Gasteiger charge is -2.18. The van der Waals surface area contributed by atoms with Crippen LogP contribution in [0, 0.1) is 5.82 Å². The number of halogens is 1. The number of methoxy groups -OCH3 is 1. The molecule has 106 valence electrons. The summed E-state index contributed by atoms with van der Waals surface area (Å²) in [5, 5.41) is 11.5. The number of benzene rings is 1. The Bertz CT molecular complexity index is 528. The molecule has 1 heterocycles. The van der Waals surface area contributed by atoms with Gasteiger partial charge < -0.3 is 10.1 Å². The van der Waals surface area contributed by atoms with Gasteiger partial charge in [-0.25, -0.2) is 4.39 Å². The third-order valence-corrected chi connectivity index (χ3v) is 2.97. The molecule has 20 heavy (non-hydrogen) atoms. The zero-order valence-corrected chi connectivity index (χ0v) is 11.6. The van der Waals surface area contributed by atoms with Gasteiger partial charge in [0.2, 0.25) is 5.88 Å². The Labute approximate surface area is 118 Å². The number of rotatable bonds is 6. The van der Waals surface area contributed by atoms with Crippen molar-refractivity contribution in [3.63, 3.8) is 0 Å². The lowest BCUT2D eigenvalue weighted by Crippen LogP contribution is -2.24. The molecule has 1 atom stereocenters. The Morgan fingerprint density at radius 3 is 2.45 bits per heavy atom. The van der Waals surface area contributed by atoms with Crippen molar-refractivity contribution < 1.29 is 9.13 Å². The second-order valence-corrected chi connectivity index (χ2v) is 4.44. The molecule has 2 rings (SSSR count). The Morgan fingerprint density at radius 1 is 1.15 bits per heavy atom. The molecule has 1 aromatic carbocycles. The lowest BCUT2D eigenvalue weighted by atomic mass is 10.0. The Balaban J connectivity index is 2.27. The van der Waals surface area contributed by atoms with Gasteiger partial charge in [-0.05, 0) is 36.7 Å². The number of aromatic nitrogens is 2. The number of nitrogens with one attached hydrogen (secondary N) is 1. The van der Waals surface area contributed by atoms with Crippen LogP contribution in [0.15, 0.2) is 36.4 Å². The molecular formula is C15H18FN3O. The van der Waals surface area contributed by atoms with E-state index in [-0.39, 0.29) is 11.9 Å². The van der Waals surface area contributed by atoms with Crippen LogP contribution in [0.25, 0.3) is 0 Å². The fourth-order valence-corrected chi connectivity index (χ4v) is 1.93. The third kappa shape index (κ3) is 3.51. The molecule has 0 fully saturated rings. The van der Waals surface area contributed by atoms with Crippen LogP contribution in [0.5, 0.6) is 5.88 Å². The monoisotopic (exact) mass is 275 g/mol. The highest BCUT2D eigenvalue weighted by atomic mass is 19.1. The van der Waals surface area contributed by atoms with Gasteiger partial charge in [0.1, 0.15) is 5.82 Å². The minimum absolute atomic E-state index is 0.103. The van der Waals surface area contributed by atoms with Crippen molar-refractivity contribution in [2.24, 2.45) is 0 Å². The van der Waals surface area contributed by atoms with E-state index in [1.807, 2.05) is 6.07 Å². The molecular weight excluding hydrogens is 257 g/mol. The van der Waals surface area contributed by atoms with Crippen molar-refractivity contribution >= 4 is 0 Å². The van der Waals surface area contributed by atoms with Crippen LogP contribution in [0.1, 0.15) is 30.6 Å². The minimum atomic E-state index is -0.246. The van der Waals surface area contributed by atoms with Gasteiger partial charge in [-0.3, -0.25) is 0 Å². The second-order valence-electron chi connectivity index (χ2n) is 4.44. The molecule has 0 aliphatic carbocycles. The average molecular weight is 275 g/mol. The first kappa shape index (κ1) is 14.4. The van der Waals surface area contributed by atoms with Crippen LogP contribution in [0.3, 0.4) is 0 Å². The van der Waals surface area contributed by atoms with Crippen molar-refractivity contribution in [3.8, 4) is 5.88 Å². The highest BCUT2D eigenvalue weighted by molar-refractivity contribution is 5.28. The maximum atomic E-state index is 13.0. The van der Waals surface area contributed by atoms with E-state index in [0.29, 0.717) is 5.88 Å². The average Bonchev–Trinajstić information content (AvgIpc) is 2.50. The van der Waals surface area contributed by atoms with E-state index in [4.69, 9.17) is 4.74 Å². The summed E-state index contributed by atoms with van der Waals surface area (Å²) in [6.07, 6.45) is 1.00. The maximum absolute atomic E-state index is 13.0. The van der Waals surface area contributed by atoms with Gasteiger partial charge >= 0.3 is 0 Å². The molecule has 0 aliphatic heterocycles. The van der Waals surface area contributed by atoms with E-state index in [2.05, 4.69) is 22.4 Å². The van der Waals surface area contributed by atoms with Crippen LogP contribution < -0.4 is 10.1 Å². The first-order valence-corrected chi connectivity index (χ1v) is 6.61. The summed E-state index contributed by atoms with van der Waals surface area (Å²) in [5.41, 5.74) is 1.74. The first-order valence-electron chi connectivity index (χ1n) is 6.61. The van der Waals surface area contributed by atoms with Crippen molar-refractivity contribution in [2.75, 3.05) is 13.7 Å². The number of nitrogens with zero attached hydrogens (tertiary/aromatic N) is 2. The molecule has 0 radical (unpaired) electrons. The quantitative estimate of drug-likeness (QED) is 0.880. The largest absolute Gasteiger partial charge is 0.480 e. The van der Waals surface area contributed by atoms with Gasteiger partial charge in [-0.2, -0.15) is 0 Å². The molecule has 5 heteroatoms.